The Morgan fingerprint density at radius 3 is 1.46 bits per heavy atom. The number of rotatable bonds is 0. The lowest BCUT2D eigenvalue weighted by Gasteiger charge is -2.15. The second-order valence-electron chi connectivity index (χ2n) is 3.77. The molecule has 0 aromatic heterocycles. The van der Waals surface area contributed by atoms with Gasteiger partial charge in [0, 0.05) is 6.61 Å². The SMILES string of the molecule is CC1CCCCC1.CCC.CCO. The molecule has 0 aromatic carbocycles. The van der Waals surface area contributed by atoms with Crippen LogP contribution in [-0.4, -0.2) is 11.7 Å². The fourth-order valence-corrected chi connectivity index (χ4v) is 1.31. The van der Waals surface area contributed by atoms with Gasteiger partial charge in [0.25, 0.3) is 0 Å². The van der Waals surface area contributed by atoms with Crippen molar-refractivity contribution in [1.29, 1.82) is 0 Å². The van der Waals surface area contributed by atoms with E-state index in [9.17, 15) is 0 Å². The van der Waals surface area contributed by atoms with Gasteiger partial charge in [-0.3, -0.25) is 0 Å². The van der Waals surface area contributed by atoms with Crippen LogP contribution in [0.1, 0.15) is 66.2 Å². The molecule has 1 heteroatoms. The molecule has 1 aliphatic rings. The Morgan fingerprint density at radius 2 is 1.31 bits per heavy atom. The van der Waals surface area contributed by atoms with Crippen molar-refractivity contribution in [2.24, 2.45) is 5.92 Å². The van der Waals surface area contributed by atoms with Crippen molar-refractivity contribution in [2.75, 3.05) is 6.61 Å². The predicted octanol–water partition coefficient (Wildman–Crippen LogP) is 4.00. The van der Waals surface area contributed by atoms with Gasteiger partial charge >= 0.3 is 0 Å². The van der Waals surface area contributed by atoms with Gasteiger partial charge in [-0.2, -0.15) is 0 Å². The van der Waals surface area contributed by atoms with E-state index in [1.54, 1.807) is 6.92 Å². The molecule has 0 spiro atoms. The molecule has 0 radical (unpaired) electrons. The molecule has 0 heterocycles. The molecule has 1 aliphatic carbocycles. The average Bonchev–Trinajstić information content (AvgIpc) is 2.08. The van der Waals surface area contributed by atoms with Crippen molar-refractivity contribution in [3.05, 3.63) is 0 Å². The van der Waals surface area contributed by atoms with Gasteiger partial charge in [-0.1, -0.05) is 59.3 Å². The number of aliphatic hydroxyl groups excluding tert-OH is 1. The molecular weight excluding hydrogens is 160 g/mol. The Kier molecular flexibility index (Phi) is 17.2. The molecule has 0 aliphatic heterocycles. The quantitative estimate of drug-likeness (QED) is 0.609. The molecule has 1 rings (SSSR count). The zero-order valence-electron chi connectivity index (χ0n) is 9.97. The third-order valence-corrected chi connectivity index (χ3v) is 1.89. The minimum atomic E-state index is 0.250. The van der Waals surface area contributed by atoms with E-state index in [1.807, 2.05) is 0 Å². The molecule has 0 unspecified atom stereocenters. The van der Waals surface area contributed by atoms with Gasteiger partial charge in [0.1, 0.15) is 0 Å². The van der Waals surface area contributed by atoms with Gasteiger partial charge in [-0.05, 0) is 12.8 Å². The molecule has 0 bridgehead atoms. The molecule has 1 N–H and O–H groups in total. The summed E-state index contributed by atoms with van der Waals surface area (Å²) < 4.78 is 0. The van der Waals surface area contributed by atoms with E-state index >= 15 is 0 Å². The zero-order chi connectivity index (χ0) is 10.5. The highest BCUT2D eigenvalue weighted by molar-refractivity contribution is 4.59. The third kappa shape index (κ3) is 18.7. The van der Waals surface area contributed by atoms with E-state index < -0.39 is 0 Å². The van der Waals surface area contributed by atoms with Crippen LogP contribution in [0.5, 0.6) is 0 Å². The van der Waals surface area contributed by atoms with E-state index in [0.717, 1.165) is 5.92 Å². The second-order valence-corrected chi connectivity index (χ2v) is 3.77. The van der Waals surface area contributed by atoms with Gasteiger partial charge in [0.2, 0.25) is 0 Å². The maximum absolute atomic E-state index is 7.57. The van der Waals surface area contributed by atoms with Crippen LogP contribution in [-0.2, 0) is 0 Å². The first-order chi connectivity index (χ1) is 6.22. The topological polar surface area (TPSA) is 20.2 Å². The van der Waals surface area contributed by atoms with Crippen LogP contribution < -0.4 is 0 Å². The van der Waals surface area contributed by atoms with E-state index in [0.29, 0.717) is 0 Å². The molecule has 1 nitrogen and oxygen atoms in total. The van der Waals surface area contributed by atoms with Crippen LogP contribution in [0, 0.1) is 5.92 Å². The molecule has 1 saturated carbocycles. The fraction of sp³-hybridized carbons (Fsp3) is 1.00. The van der Waals surface area contributed by atoms with Crippen molar-refractivity contribution in [2.45, 2.75) is 66.2 Å². The van der Waals surface area contributed by atoms with Crippen molar-refractivity contribution in [1.82, 2.24) is 0 Å². The monoisotopic (exact) mass is 188 g/mol. The number of hydrogen-bond donors (Lipinski definition) is 1. The lowest BCUT2D eigenvalue weighted by atomic mass is 9.91. The highest BCUT2D eigenvalue weighted by Gasteiger charge is 2.05. The van der Waals surface area contributed by atoms with Crippen LogP contribution in [0.25, 0.3) is 0 Å². The summed E-state index contributed by atoms with van der Waals surface area (Å²) in [5, 5.41) is 7.57. The van der Waals surface area contributed by atoms with E-state index in [2.05, 4.69) is 20.8 Å². The van der Waals surface area contributed by atoms with Crippen LogP contribution in [0.4, 0.5) is 0 Å². The second kappa shape index (κ2) is 14.5. The van der Waals surface area contributed by atoms with Crippen LogP contribution >= 0.6 is 0 Å². The van der Waals surface area contributed by atoms with Gasteiger partial charge in [0.15, 0.2) is 0 Å². The highest BCUT2D eigenvalue weighted by atomic mass is 16.2. The maximum Gasteiger partial charge on any atom is 0.0402 e. The normalized spacial score (nSPS) is 16.4. The van der Waals surface area contributed by atoms with E-state index in [4.69, 9.17) is 5.11 Å². The summed E-state index contributed by atoms with van der Waals surface area (Å²) >= 11 is 0. The largest absolute Gasteiger partial charge is 0.397 e. The summed E-state index contributed by atoms with van der Waals surface area (Å²) in [6.45, 7) is 8.54. The Morgan fingerprint density at radius 1 is 1.00 bits per heavy atom. The Bertz CT molecular complexity index is 63.5. The molecule has 0 atom stereocenters. The smallest absolute Gasteiger partial charge is 0.0402 e. The lowest BCUT2D eigenvalue weighted by Crippen LogP contribution is -1.99. The first-order valence-corrected chi connectivity index (χ1v) is 5.83. The molecular formula is C12H28O. The van der Waals surface area contributed by atoms with Gasteiger partial charge < -0.3 is 5.11 Å². The summed E-state index contributed by atoms with van der Waals surface area (Å²) in [6.07, 6.45) is 8.69. The Labute approximate surface area is 84.6 Å². The van der Waals surface area contributed by atoms with E-state index in [-0.39, 0.29) is 6.61 Å². The van der Waals surface area contributed by atoms with Crippen LogP contribution in [0.2, 0.25) is 0 Å². The third-order valence-electron chi connectivity index (χ3n) is 1.89. The van der Waals surface area contributed by atoms with Crippen molar-refractivity contribution in [3.8, 4) is 0 Å². The van der Waals surface area contributed by atoms with Gasteiger partial charge in [-0.15, -0.1) is 0 Å². The number of aliphatic hydroxyl groups is 1. The Hall–Kier alpha value is -0.0400. The van der Waals surface area contributed by atoms with Crippen LogP contribution in [0.15, 0.2) is 0 Å². The van der Waals surface area contributed by atoms with Crippen molar-refractivity contribution in [3.63, 3.8) is 0 Å². The molecule has 82 valence electrons. The molecule has 1 fully saturated rings. The molecule has 0 amide bonds. The van der Waals surface area contributed by atoms with Gasteiger partial charge in [-0.25, -0.2) is 0 Å². The lowest BCUT2D eigenvalue weighted by molar-refractivity contribution is 0.318. The maximum atomic E-state index is 7.57. The van der Waals surface area contributed by atoms with Crippen molar-refractivity contribution >= 4 is 0 Å². The zero-order valence-corrected chi connectivity index (χ0v) is 9.97. The summed E-state index contributed by atoms with van der Waals surface area (Å²) in [4.78, 5) is 0. The first kappa shape index (κ1) is 15.4. The first-order valence-electron chi connectivity index (χ1n) is 5.83. The summed E-state index contributed by atoms with van der Waals surface area (Å²) in [7, 11) is 0. The molecule has 0 saturated heterocycles. The standard InChI is InChI=1S/C7H14.C3H8.C2H6O/c1-7-5-3-2-4-6-7;1-3-2;1-2-3/h7H,2-6H2,1H3;3H2,1-2H3;3H,2H2,1H3. The van der Waals surface area contributed by atoms with Gasteiger partial charge in [0.05, 0.1) is 0 Å². The molecule has 13 heavy (non-hydrogen) atoms. The molecule has 0 aromatic rings. The van der Waals surface area contributed by atoms with Crippen LogP contribution in [0.3, 0.4) is 0 Å². The Balaban J connectivity index is 0. The minimum Gasteiger partial charge on any atom is -0.397 e. The summed E-state index contributed by atoms with van der Waals surface area (Å²) in [5.41, 5.74) is 0. The van der Waals surface area contributed by atoms with E-state index in [1.165, 1.54) is 38.5 Å². The van der Waals surface area contributed by atoms with Crippen molar-refractivity contribution < 1.29 is 5.11 Å². The minimum absolute atomic E-state index is 0.250. The average molecular weight is 188 g/mol. The summed E-state index contributed by atoms with van der Waals surface area (Å²) in [5.74, 6) is 1.04. The summed E-state index contributed by atoms with van der Waals surface area (Å²) in [6, 6.07) is 0. The predicted molar refractivity (Wildman–Crippen MR) is 61.0 cm³/mol. The highest BCUT2D eigenvalue weighted by Crippen LogP contribution is 2.21. The fourth-order valence-electron chi connectivity index (χ4n) is 1.31. The number of hydrogen-bond acceptors (Lipinski definition) is 1.